The molecule has 0 bridgehead atoms. The van der Waals surface area contributed by atoms with Gasteiger partial charge in [0.2, 0.25) is 0 Å². The molecule has 0 saturated carbocycles. The van der Waals surface area contributed by atoms with E-state index in [-0.39, 0.29) is 24.0 Å². The molecule has 3 heteroatoms. The van der Waals surface area contributed by atoms with Crippen LogP contribution in [0, 0.1) is 6.92 Å². The van der Waals surface area contributed by atoms with Gasteiger partial charge >= 0.3 is 0 Å². The molecule has 0 unspecified atom stereocenters. The Bertz CT molecular complexity index is 440. The maximum atomic E-state index is 4.33. The molecule has 1 aromatic heterocycles. The summed E-state index contributed by atoms with van der Waals surface area (Å²) in [6.07, 6.45) is 1.82. The first-order chi connectivity index (χ1) is 6.31. The van der Waals surface area contributed by atoms with E-state index in [0.29, 0.717) is 0 Å². The van der Waals surface area contributed by atoms with E-state index in [9.17, 15) is 0 Å². The van der Waals surface area contributed by atoms with Crippen LogP contribution >= 0.6 is 24.0 Å². The second-order valence-electron chi connectivity index (χ2n) is 3.14. The van der Waals surface area contributed by atoms with Crippen LogP contribution in [0.15, 0.2) is 30.5 Å². The number of rotatable bonds is 1. The number of aryl methyl sites for hydroxylation is 1. The predicted molar refractivity (Wildman–Crippen MR) is 71.4 cm³/mol. The van der Waals surface area contributed by atoms with E-state index in [1.54, 1.807) is 0 Å². The van der Waals surface area contributed by atoms with Gasteiger partial charge in [-0.15, -0.1) is 24.0 Å². The molecule has 0 fully saturated rings. The number of anilines is 1. The maximum absolute atomic E-state index is 4.33. The molecule has 0 atom stereocenters. The first-order valence-electron chi connectivity index (χ1n) is 4.34. The minimum Gasteiger partial charge on any atom is -0.386 e. The normalized spacial score (nSPS) is 9.57. The third-order valence-electron chi connectivity index (χ3n) is 2.12. The second kappa shape index (κ2) is 4.59. The Morgan fingerprint density at radius 2 is 2.07 bits per heavy atom. The number of nitrogens with zero attached hydrogens (tertiary/aromatic N) is 1. The Hall–Kier alpha value is -0.840. The average molecular weight is 300 g/mol. The van der Waals surface area contributed by atoms with Crippen molar-refractivity contribution >= 4 is 40.6 Å². The lowest BCUT2D eigenvalue weighted by Crippen LogP contribution is -1.92. The summed E-state index contributed by atoms with van der Waals surface area (Å²) in [6.45, 7) is 2.09. The molecule has 0 aliphatic heterocycles. The van der Waals surface area contributed by atoms with Crippen molar-refractivity contribution in [1.82, 2.24) is 4.98 Å². The summed E-state index contributed by atoms with van der Waals surface area (Å²) in [5, 5.41) is 4.34. The number of hydrogen-bond acceptors (Lipinski definition) is 2. The molecule has 0 amide bonds. The fourth-order valence-corrected chi connectivity index (χ4v) is 1.53. The van der Waals surface area contributed by atoms with Crippen LogP contribution in [0.2, 0.25) is 0 Å². The van der Waals surface area contributed by atoms with Gasteiger partial charge in [-0.1, -0.05) is 6.07 Å². The van der Waals surface area contributed by atoms with Crippen LogP contribution in [0.3, 0.4) is 0 Å². The summed E-state index contributed by atoms with van der Waals surface area (Å²) in [6, 6.07) is 8.29. The molecule has 2 aromatic rings. The van der Waals surface area contributed by atoms with Crippen molar-refractivity contribution < 1.29 is 0 Å². The SMILES string of the molecule is CNc1cc(C)cc2cccnc12.I. The van der Waals surface area contributed by atoms with Gasteiger partial charge in [0.1, 0.15) is 0 Å². The lowest BCUT2D eigenvalue weighted by atomic mass is 10.1. The molecular formula is C11H13IN2. The summed E-state index contributed by atoms with van der Waals surface area (Å²) in [5.74, 6) is 0. The van der Waals surface area contributed by atoms with Crippen molar-refractivity contribution in [2.75, 3.05) is 12.4 Å². The molecule has 0 saturated heterocycles. The molecule has 14 heavy (non-hydrogen) atoms. The van der Waals surface area contributed by atoms with E-state index in [4.69, 9.17) is 0 Å². The largest absolute Gasteiger partial charge is 0.386 e. The quantitative estimate of drug-likeness (QED) is 0.818. The number of hydrogen-bond donors (Lipinski definition) is 1. The molecule has 1 aromatic carbocycles. The van der Waals surface area contributed by atoms with Crippen LogP contribution < -0.4 is 5.32 Å². The van der Waals surface area contributed by atoms with Gasteiger partial charge < -0.3 is 5.32 Å². The van der Waals surface area contributed by atoms with Crippen molar-refractivity contribution in [2.24, 2.45) is 0 Å². The Kier molecular flexibility index (Phi) is 3.69. The highest BCUT2D eigenvalue weighted by Gasteiger charge is 2.00. The van der Waals surface area contributed by atoms with Crippen LogP contribution in [0.25, 0.3) is 10.9 Å². The summed E-state index contributed by atoms with van der Waals surface area (Å²) in [4.78, 5) is 4.33. The Morgan fingerprint density at radius 1 is 1.29 bits per heavy atom. The van der Waals surface area contributed by atoms with Gasteiger partial charge in [-0.3, -0.25) is 4.98 Å². The third-order valence-corrected chi connectivity index (χ3v) is 2.12. The van der Waals surface area contributed by atoms with Crippen molar-refractivity contribution in [1.29, 1.82) is 0 Å². The monoisotopic (exact) mass is 300 g/mol. The number of benzene rings is 1. The topological polar surface area (TPSA) is 24.9 Å². The lowest BCUT2D eigenvalue weighted by Gasteiger charge is -2.05. The summed E-state index contributed by atoms with van der Waals surface area (Å²) in [7, 11) is 1.92. The highest BCUT2D eigenvalue weighted by molar-refractivity contribution is 14.0. The van der Waals surface area contributed by atoms with Crippen LogP contribution in [0.4, 0.5) is 5.69 Å². The highest BCUT2D eigenvalue weighted by atomic mass is 127. The molecule has 1 heterocycles. The molecule has 0 radical (unpaired) electrons. The number of fused-ring (bicyclic) bond motifs is 1. The van der Waals surface area contributed by atoms with Gasteiger partial charge in [0, 0.05) is 18.6 Å². The third kappa shape index (κ3) is 1.97. The molecule has 0 spiro atoms. The Balaban J connectivity index is 0.000000980. The fourth-order valence-electron chi connectivity index (χ4n) is 1.53. The first-order valence-corrected chi connectivity index (χ1v) is 4.34. The zero-order valence-corrected chi connectivity index (χ0v) is 10.6. The van der Waals surface area contributed by atoms with E-state index in [0.717, 1.165) is 11.2 Å². The summed E-state index contributed by atoms with van der Waals surface area (Å²) < 4.78 is 0. The number of nitrogens with one attached hydrogen (secondary N) is 1. The van der Waals surface area contributed by atoms with Gasteiger partial charge in [-0.25, -0.2) is 0 Å². The van der Waals surface area contributed by atoms with Gasteiger partial charge in [0.25, 0.3) is 0 Å². The van der Waals surface area contributed by atoms with Crippen molar-refractivity contribution in [3.63, 3.8) is 0 Å². The van der Waals surface area contributed by atoms with E-state index in [1.165, 1.54) is 10.9 Å². The molecule has 0 aliphatic rings. The second-order valence-corrected chi connectivity index (χ2v) is 3.14. The minimum absolute atomic E-state index is 0. The fraction of sp³-hybridized carbons (Fsp3) is 0.182. The molecule has 1 N–H and O–H groups in total. The van der Waals surface area contributed by atoms with Crippen molar-refractivity contribution in [2.45, 2.75) is 6.92 Å². The summed E-state index contributed by atoms with van der Waals surface area (Å²) in [5.41, 5.74) is 3.39. The van der Waals surface area contributed by atoms with Gasteiger partial charge in [-0.2, -0.15) is 0 Å². The van der Waals surface area contributed by atoms with Crippen LogP contribution in [-0.2, 0) is 0 Å². The van der Waals surface area contributed by atoms with Gasteiger partial charge in [0.15, 0.2) is 0 Å². The van der Waals surface area contributed by atoms with Crippen LogP contribution in [0.1, 0.15) is 5.56 Å². The van der Waals surface area contributed by atoms with Crippen molar-refractivity contribution in [3.8, 4) is 0 Å². The van der Waals surface area contributed by atoms with Crippen LogP contribution in [-0.4, -0.2) is 12.0 Å². The molecule has 0 aliphatic carbocycles. The van der Waals surface area contributed by atoms with Crippen LogP contribution in [0.5, 0.6) is 0 Å². The minimum atomic E-state index is 0. The predicted octanol–water partition coefficient (Wildman–Crippen LogP) is 3.20. The number of aromatic nitrogens is 1. The standard InChI is InChI=1S/C11H12N2.HI/c1-8-6-9-4-3-5-13-11(9)10(7-8)12-2;/h3-7,12H,1-2H3;1H. The highest BCUT2D eigenvalue weighted by Crippen LogP contribution is 2.22. The zero-order valence-electron chi connectivity index (χ0n) is 8.24. The van der Waals surface area contributed by atoms with E-state index < -0.39 is 0 Å². The maximum Gasteiger partial charge on any atom is 0.0933 e. The van der Waals surface area contributed by atoms with Gasteiger partial charge in [0.05, 0.1) is 11.2 Å². The van der Waals surface area contributed by atoms with E-state index >= 15 is 0 Å². The zero-order chi connectivity index (χ0) is 9.26. The summed E-state index contributed by atoms with van der Waals surface area (Å²) >= 11 is 0. The molecule has 74 valence electrons. The van der Waals surface area contributed by atoms with Crippen molar-refractivity contribution in [3.05, 3.63) is 36.0 Å². The van der Waals surface area contributed by atoms with Gasteiger partial charge in [-0.05, 0) is 30.7 Å². The molecule has 2 rings (SSSR count). The molecule has 2 nitrogen and oxygen atoms in total. The Labute approximate surface area is 101 Å². The number of halogens is 1. The number of pyridine rings is 1. The lowest BCUT2D eigenvalue weighted by molar-refractivity contribution is 1.37. The van der Waals surface area contributed by atoms with E-state index in [1.807, 2.05) is 19.3 Å². The first kappa shape index (κ1) is 11.2. The Morgan fingerprint density at radius 3 is 2.79 bits per heavy atom. The van der Waals surface area contributed by atoms with E-state index in [2.05, 4.69) is 35.4 Å². The molecular weight excluding hydrogens is 287 g/mol. The smallest absolute Gasteiger partial charge is 0.0933 e. The average Bonchev–Trinajstić information content (AvgIpc) is 2.16.